The molecule has 5 atom stereocenters. The van der Waals surface area contributed by atoms with Crippen LogP contribution in [-0.4, -0.2) is 23.6 Å². The molecule has 0 aromatic rings. The minimum atomic E-state index is 0.00216. The van der Waals surface area contributed by atoms with Crippen molar-refractivity contribution in [3.63, 3.8) is 0 Å². The molecule has 2 heterocycles. The summed E-state index contributed by atoms with van der Waals surface area (Å²) in [5.41, 5.74) is 0.549. The van der Waals surface area contributed by atoms with E-state index in [4.69, 9.17) is 0 Å². The zero-order valence-corrected chi connectivity index (χ0v) is 14.2. The first kappa shape index (κ1) is 15.1. The smallest absolute Gasteiger partial charge is 0.155 e. The van der Waals surface area contributed by atoms with Gasteiger partial charge in [-0.2, -0.15) is 0 Å². The lowest BCUT2D eigenvalue weighted by atomic mass is 9.86. The molecule has 0 aromatic carbocycles. The van der Waals surface area contributed by atoms with E-state index in [0.717, 1.165) is 38.0 Å². The second-order valence-electron chi connectivity index (χ2n) is 6.91. The summed E-state index contributed by atoms with van der Waals surface area (Å²) in [5.74, 6) is 2.53. The lowest BCUT2D eigenvalue weighted by Crippen LogP contribution is -2.14. The number of hydrogen-bond donors (Lipinski definition) is 0. The largest absolute Gasteiger partial charge is 0.300 e. The lowest BCUT2D eigenvalue weighted by molar-refractivity contribution is -0.120. The molecule has 0 spiro atoms. The van der Waals surface area contributed by atoms with E-state index < -0.39 is 0 Å². The highest BCUT2D eigenvalue weighted by molar-refractivity contribution is 8.28. The van der Waals surface area contributed by atoms with Crippen molar-refractivity contribution in [3.05, 3.63) is 0 Å². The van der Waals surface area contributed by atoms with Crippen LogP contribution in [0.1, 0.15) is 57.8 Å². The number of rotatable bonds is 0. The molecule has 2 nitrogen and oxygen atoms in total. The highest BCUT2D eigenvalue weighted by atomic mass is 32.0. The van der Waals surface area contributed by atoms with Gasteiger partial charge in [0.2, 0.25) is 0 Å². The SMILES string of the molecule is O=C1CCC2CCP(C2)PC(=O)CCC2CCCC2C1. The zero-order chi connectivity index (χ0) is 13.9. The van der Waals surface area contributed by atoms with Crippen LogP contribution in [0.4, 0.5) is 0 Å². The van der Waals surface area contributed by atoms with Crippen molar-refractivity contribution in [1.29, 1.82) is 0 Å². The maximum atomic E-state index is 12.2. The molecule has 0 radical (unpaired) electrons. The Morgan fingerprint density at radius 3 is 2.70 bits per heavy atom. The van der Waals surface area contributed by atoms with Crippen molar-refractivity contribution in [1.82, 2.24) is 0 Å². The van der Waals surface area contributed by atoms with Crippen LogP contribution in [0, 0.1) is 17.8 Å². The van der Waals surface area contributed by atoms with Gasteiger partial charge in [0.1, 0.15) is 5.78 Å². The molecule has 112 valence electrons. The molecule has 3 fully saturated rings. The summed E-state index contributed by atoms with van der Waals surface area (Å²) in [6.45, 7) is 0. The van der Waals surface area contributed by atoms with Gasteiger partial charge in [-0.3, -0.25) is 9.59 Å². The molecule has 0 aromatic heterocycles. The minimum Gasteiger partial charge on any atom is -0.300 e. The fourth-order valence-electron chi connectivity index (χ4n) is 4.24. The number of carbonyl (C=O) groups is 2. The number of ketones is 1. The van der Waals surface area contributed by atoms with E-state index in [0.29, 0.717) is 31.4 Å². The average Bonchev–Trinajstić information content (AvgIpc) is 3.03. The van der Waals surface area contributed by atoms with Crippen LogP contribution in [0.15, 0.2) is 0 Å². The maximum absolute atomic E-state index is 12.2. The zero-order valence-electron chi connectivity index (χ0n) is 12.3. The molecule has 1 saturated carbocycles. The Labute approximate surface area is 125 Å². The van der Waals surface area contributed by atoms with Crippen LogP contribution in [0.25, 0.3) is 0 Å². The standard InChI is InChI=1S/C16H26O2P2/c17-15-6-4-12-8-9-20(11-12)19-16(18)7-5-13-2-1-3-14(13)10-15/h12-14,19H,1-11H2. The Hall–Kier alpha value is 0.200. The van der Waals surface area contributed by atoms with Gasteiger partial charge in [-0.25, -0.2) is 0 Å². The second-order valence-corrected chi connectivity index (χ2v) is 12.1. The molecule has 1 aliphatic carbocycles. The molecule has 0 amide bonds. The van der Waals surface area contributed by atoms with Crippen molar-refractivity contribution in [2.45, 2.75) is 57.8 Å². The Bertz CT molecular complexity index is 383. The van der Waals surface area contributed by atoms with Crippen LogP contribution >= 0.6 is 15.9 Å². The minimum absolute atomic E-state index is 0.00216. The van der Waals surface area contributed by atoms with Crippen molar-refractivity contribution >= 4 is 27.2 Å². The first-order chi connectivity index (χ1) is 9.70. The van der Waals surface area contributed by atoms with Gasteiger partial charge in [0.25, 0.3) is 0 Å². The van der Waals surface area contributed by atoms with Crippen molar-refractivity contribution in [2.24, 2.45) is 17.8 Å². The third-order valence-corrected chi connectivity index (χ3v) is 10.9. The normalized spacial score (nSPS) is 41.0. The molecular weight excluding hydrogens is 286 g/mol. The van der Waals surface area contributed by atoms with Gasteiger partial charge in [-0.15, -0.1) is 0 Å². The van der Waals surface area contributed by atoms with Gasteiger partial charge in [-0.05, 0) is 64.0 Å². The lowest BCUT2D eigenvalue weighted by Gasteiger charge is -2.19. The van der Waals surface area contributed by atoms with Crippen LogP contribution in [-0.2, 0) is 9.59 Å². The van der Waals surface area contributed by atoms with Crippen molar-refractivity contribution < 1.29 is 9.59 Å². The first-order valence-corrected chi connectivity index (χ1v) is 11.8. The quantitative estimate of drug-likeness (QED) is 0.615. The summed E-state index contributed by atoms with van der Waals surface area (Å²) in [6, 6.07) is 0. The fourth-order valence-corrected chi connectivity index (χ4v) is 10.1. The van der Waals surface area contributed by atoms with Crippen LogP contribution in [0.5, 0.6) is 0 Å². The average molecular weight is 312 g/mol. The Morgan fingerprint density at radius 1 is 0.950 bits per heavy atom. The highest BCUT2D eigenvalue weighted by Crippen LogP contribution is 2.62. The molecule has 4 heteroatoms. The molecule has 2 saturated heterocycles. The third-order valence-electron chi connectivity index (χ3n) is 5.45. The molecule has 2 aliphatic heterocycles. The first-order valence-electron chi connectivity index (χ1n) is 8.27. The Balaban J connectivity index is 1.65. The molecule has 20 heavy (non-hydrogen) atoms. The fraction of sp³-hybridized carbons (Fsp3) is 0.875. The summed E-state index contributed by atoms with van der Waals surface area (Å²) >= 11 is 0. The number of carbonyl (C=O) groups excluding carboxylic acids is 2. The Morgan fingerprint density at radius 2 is 1.80 bits per heavy atom. The number of fused-ring (bicyclic) bond motifs is 3. The highest BCUT2D eigenvalue weighted by Gasteiger charge is 2.31. The summed E-state index contributed by atoms with van der Waals surface area (Å²) in [5, 5.41) is 0. The predicted molar refractivity (Wildman–Crippen MR) is 87.0 cm³/mol. The summed E-state index contributed by atoms with van der Waals surface area (Å²) in [6.07, 6.45) is 12.2. The van der Waals surface area contributed by atoms with Gasteiger partial charge in [-0.1, -0.05) is 20.5 Å². The van der Waals surface area contributed by atoms with Crippen LogP contribution in [0.2, 0.25) is 0 Å². The van der Waals surface area contributed by atoms with Gasteiger partial charge >= 0.3 is 0 Å². The van der Waals surface area contributed by atoms with Crippen LogP contribution < -0.4 is 0 Å². The summed E-state index contributed by atoms with van der Waals surface area (Å²) in [7, 11) is 0.622. The van der Waals surface area contributed by atoms with E-state index in [-0.39, 0.29) is 7.61 Å². The summed E-state index contributed by atoms with van der Waals surface area (Å²) < 4.78 is 0. The van der Waals surface area contributed by atoms with E-state index in [1.807, 2.05) is 0 Å². The van der Waals surface area contributed by atoms with E-state index in [1.165, 1.54) is 38.0 Å². The molecule has 3 rings (SSSR count). The van der Waals surface area contributed by atoms with Crippen molar-refractivity contribution in [2.75, 3.05) is 12.3 Å². The summed E-state index contributed by atoms with van der Waals surface area (Å²) in [4.78, 5) is 24.4. The van der Waals surface area contributed by atoms with E-state index in [9.17, 15) is 9.59 Å². The molecule has 0 N–H and O–H groups in total. The maximum Gasteiger partial charge on any atom is 0.155 e. The second kappa shape index (κ2) is 6.97. The van der Waals surface area contributed by atoms with E-state index in [2.05, 4.69) is 0 Å². The molecule has 3 aliphatic rings. The molecule has 2 bridgehead atoms. The van der Waals surface area contributed by atoms with Gasteiger partial charge in [0.05, 0.1) is 0 Å². The topological polar surface area (TPSA) is 34.1 Å². The Kier molecular flexibility index (Phi) is 5.27. The van der Waals surface area contributed by atoms with E-state index >= 15 is 0 Å². The van der Waals surface area contributed by atoms with Gasteiger partial charge < -0.3 is 0 Å². The number of hydrogen-bond acceptors (Lipinski definition) is 2. The predicted octanol–water partition coefficient (Wildman–Crippen LogP) is 4.56. The molecular formula is C16H26O2P2. The number of Topliss-reactive ketones (excluding diaryl/α,β-unsaturated/α-hetero) is 1. The third kappa shape index (κ3) is 3.89. The van der Waals surface area contributed by atoms with Gasteiger partial charge in [0, 0.05) is 19.3 Å². The van der Waals surface area contributed by atoms with Crippen LogP contribution in [0.3, 0.4) is 0 Å². The van der Waals surface area contributed by atoms with Crippen molar-refractivity contribution in [3.8, 4) is 0 Å². The molecule has 5 unspecified atom stereocenters. The monoisotopic (exact) mass is 312 g/mol. The van der Waals surface area contributed by atoms with Gasteiger partial charge in [0.15, 0.2) is 5.52 Å². The van der Waals surface area contributed by atoms with E-state index in [1.54, 1.807) is 0 Å².